The van der Waals surface area contributed by atoms with Gasteiger partial charge in [-0.3, -0.25) is 4.79 Å². The zero-order chi connectivity index (χ0) is 13.7. The van der Waals surface area contributed by atoms with Crippen molar-refractivity contribution in [3.8, 4) is 6.07 Å². The van der Waals surface area contributed by atoms with Crippen LogP contribution in [-0.4, -0.2) is 28.4 Å². The zero-order valence-electron chi connectivity index (χ0n) is 10.2. The summed E-state index contributed by atoms with van der Waals surface area (Å²) >= 11 is 11.7. The fourth-order valence-corrected chi connectivity index (χ4v) is 1.84. The maximum atomic E-state index is 12.3. The Morgan fingerprint density at radius 2 is 2.22 bits per heavy atom. The van der Waals surface area contributed by atoms with E-state index in [1.54, 1.807) is 4.90 Å². The van der Waals surface area contributed by atoms with E-state index in [2.05, 4.69) is 4.98 Å². The third-order valence-electron chi connectivity index (χ3n) is 2.40. The second-order valence-corrected chi connectivity index (χ2v) is 4.78. The normalized spacial score (nSPS) is 10.2. The van der Waals surface area contributed by atoms with Crippen molar-refractivity contribution in [3.05, 3.63) is 28.0 Å². The maximum absolute atomic E-state index is 12.3. The number of amides is 1. The molecule has 0 aliphatic heterocycles. The lowest BCUT2D eigenvalue weighted by Crippen LogP contribution is -2.37. The van der Waals surface area contributed by atoms with Crippen molar-refractivity contribution in [1.29, 1.82) is 5.26 Å². The van der Waals surface area contributed by atoms with Gasteiger partial charge in [0.2, 0.25) is 0 Å². The number of carbonyl (C=O) groups is 1. The van der Waals surface area contributed by atoms with Crippen LogP contribution in [0.2, 0.25) is 10.2 Å². The highest BCUT2D eigenvalue weighted by atomic mass is 35.5. The van der Waals surface area contributed by atoms with Crippen LogP contribution in [0.25, 0.3) is 0 Å². The number of aromatic nitrogens is 1. The lowest BCUT2D eigenvalue weighted by atomic mass is 10.2. The highest BCUT2D eigenvalue weighted by molar-refractivity contribution is 6.35. The molecule has 0 unspecified atom stereocenters. The standard InChI is InChI=1S/C12H13Cl2N3O/c1-8(2)17(5-3-4-15)12(18)9-6-11(14)16-7-10(9)13/h6-8H,3,5H2,1-2H3. The lowest BCUT2D eigenvalue weighted by Gasteiger charge is -2.26. The number of halogens is 2. The number of rotatable bonds is 4. The molecule has 0 bridgehead atoms. The molecule has 0 atom stereocenters. The van der Waals surface area contributed by atoms with Gasteiger partial charge in [0, 0.05) is 18.8 Å². The highest BCUT2D eigenvalue weighted by Crippen LogP contribution is 2.21. The Morgan fingerprint density at radius 1 is 1.56 bits per heavy atom. The van der Waals surface area contributed by atoms with Crippen molar-refractivity contribution < 1.29 is 4.79 Å². The summed E-state index contributed by atoms with van der Waals surface area (Å²) in [6.07, 6.45) is 1.63. The fourth-order valence-electron chi connectivity index (χ4n) is 1.50. The Hall–Kier alpha value is -1.31. The van der Waals surface area contributed by atoms with Crippen molar-refractivity contribution in [1.82, 2.24) is 9.88 Å². The van der Waals surface area contributed by atoms with Gasteiger partial charge in [-0.1, -0.05) is 23.2 Å². The summed E-state index contributed by atoms with van der Waals surface area (Å²) in [5, 5.41) is 9.07. The summed E-state index contributed by atoms with van der Waals surface area (Å²) < 4.78 is 0. The molecule has 0 aliphatic carbocycles. The quantitative estimate of drug-likeness (QED) is 0.799. The van der Waals surface area contributed by atoms with Gasteiger partial charge in [-0.15, -0.1) is 0 Å². The predicted octanol–water partition coefficient (Wildman–Crippen LogP) is 3.15. The van der Waals surface area contributed by atoms with Crippen LogP contribution >= 0.6 is 23.2 Å². The first-order chi connectivity index (χ1) is 8.47. The van der Waals surface area contributed by atoms with Gasteiger partial charge >= 0.3 is 0 Å². The molecule has 0 radical (unpaired) electrons. The summed E-state index contributed by atoms with van der Waals surface area (Å²) in [6, 6.07) is 3.44. The SMILES string of the molecule is CC(C)N(CCC#N)C(=O)c1cc(Cl)ncc1Cl. The second kappa shape index (κ2) is 6.58. The number of nitrogens with zero attached hydrogens (tertiary/aromatic N) is 3. The molecule has 0 spiro atoms. The molecule has 0 saturated carbocycles. The Labute approximate surface area is 116 Å². The maximum Gasteiger partial charge on any atom is 0.255 e. The first-order valence-corrected chi connectivity index (χ1v) is 6.22. The van der Waals surface area contributed by atoms with Crippen molar-refractivity contribution in [3.63, 3.8) is 0 Å². The molecule has 0 aliphatic rings. The molecule has 1 amide bonds. The predicted molar refractivity (Wildman–Crippen MR) is 70.7 cm³/mol. The number of pyridine rings is 1. The van der Waals surface area contributed by atoms with Crippen LogP contribution in [0, 0.1) is 11.3 Å². The molecule has 18 heavy (non-hydrogen) atoms. The van der Waals surface area contributed by atoms with Crippen LogP contribution in [0.4, 0.5) is 0 Å². The molecule has 1 aromatic rings. The minimum absolute atomic E-state index is 0.0196. The monoisotopic (exact) mass is 285 g/mol. The van der Waals surface area contributed by atoms with Crippen molar-refractivity contribution in [2.75, 3.05) is 6.54 Å². The highest BCUT2D eigenvalue weighted by Gasteiger charge is 2.21. The smallest absolute Gasteiger partial charge is 0.255 e. The summed E-state index contributed by atoms with van der Waals surface area (Å²) in [5.74, 6) is -0.241. The molecule has 0 aromatic carbocycles. The van der Waals surface area contributed by atoms with Gasteiger partial charge in [-0.25, -0.2) is 4.98 Å². The molecular formula is C12H13Cl2N3O. The Morgan fingerprint density at radius 3 is 2.78 bits per heavy atom. The molecule has 6 heteroatoms. The van der Waals surface area contributed by atoms with Crippen LogP contribution in [-0.2, 0) is 0 Å². The molecule has 0 N–H and O–H groups in total. The number of carbonyl (C=O) groups excluding carboxylic acids is 1. The minimum atomic E-state index is -0.241. The van der Waals surface area contributed by atoms with Gasteiger partial charge < -0.3 is 4.90 Å². The number of nitriles is 1. The van der Waals surface area contributed by atoms with Crippen molar-refractivity contribution in [2.45, 2.75) is 26.3 Å². The molecule has 0 fully saturated rings. The van der Waals surface area contributed by atoms with E-state index in [1.807, 2.05) is 19.9 Å². The van der Waals surface area contributed by atoms with E-state index in [1.165, 1.54) is 12.3 Å². The molecule has 96 valence electrons. The summed E-state index contributed by atoms with van der Waals surface area (Å²) in [6.45, 7) is 4.13. The topological polar surface area (TPSA) is 57.0 Å². The first-order valence-electron chi connectivity index (χ1n) is 5.46. The van der Waals surface area contributed by atoms with E-state index >= 15 is 0 Å². The van der Waals surface area contributed by atoms with E-state index in [4.69, 9.17) is 28.5 Å². The Bertz CT molecular complexity index is 483. The second-order valence-electron chi connectivity index (χ2n) is 3.99. The lowest BCUT2D eigenvalue weighted by molar-refractivity contribution is 0.0710. The van der Waals surface area contributed by atoms with Gasteiger partial charge in [0.25, 0.3) is 5.91 Å². The van der Waals surface area contributed by atoms with E-state index in [0.29, 0.717) is 12.1 Å². The molecular weight excluding hydrogens is 273 g/mol. The molecule has 1 heterocycles. The van der Waals surface area contributed by atoms with E-state index < -0.39 is 0 Å². The van der Waals surface area contributed by atoms with Crippen LogP contribution in [0.1, 0.15) is 30.6 Å². The van der Waals surface area contributed by atoms with Crippen LogP contribution in [0.15, 0.2) is 12.3 Å². The van der Waals surface area contributed by atoms with Crippen molar-refractivity contribution >= 4 is 29.1 Å². The number of hydrogen-bond acceptors (Lipinski definition) is 3. The Kier molecular flexibility index (Phi) is 5.39. The first kappa shape index (κ1) is 14.7. The van der Waals surface area contributed by atoms with Gasteiger partial charge in [0.1, 0.15) is 5.15 Å². The third-order valence-corrected chi connectivity index (χ3v) is 2.91. The van der Waals surface area contributed by atoms with E-state index in [9.17, 15) is 4.79 Å². The van der Waals surface area contributed by atoms with Gasteiger partial charge in [0.15, 0.2) is 0 Å². The fraction of sp³-hybridized carbons (Fsp3) is 0.417. The van der Waals surface area contributed by atoms with Crippen LogP contribution < -0.4 is 0 Å². The van der Waals surface area contributed by atoms with Gasteiger partial charge in [-0.05, 0) is 19.9 Å². The third kappa shape index (κ3) is 3.59. The zero-order valence-corrected chi connectivity index (χ0v) is 11.7. The largest absolute Gasteiger partial charge is 0.335 e. The van der Waals surface area contributed by atoms with E-state index in [0.717, 1.165) is 0 Å². The molecule has 1 rings (SSSR count). The van der Waals surface area contributed by atoms with Crippen LogP contribution in [0.3, 0.4) is 0 Å². The summed E-state index contributed by atoms with van der Waals surface area (Å²) in [4.78, 5) is 17.7. The Balaban J connectivity index is 3.02. The van der Waals surface area contributed by atoms with Gasteiger partial charge in [0.05, 0.1) is 23.1 Å². The summed E-state index contributed by atoms with van der Waals surface area (Å²) in [5.41, 5.74) is 0.309. The van der Waals surface area contributed by atoms with Gasteiger partial charge in [-0.2, -0.15) is 5.26 Å². The van der Waals surface area contributed by atoms with E-state index in [-0.39, 0.29) is 28.5 Å². The average Bonchev–Trinajstić information content (AvgIpc) is 2.32. The number of hydrogen-bond donors (Lipinski definition) is 0. The summed E-state index contributed by atoms with van der Waals surface area (Å²) in [7, 11) is 0. The van der Waals surface area contributed by atoms with Crippen molar-refractivity contribution in [2.24, 2.45) is 0 Å². The van der Waals surface area contributed by atoms with Crippen LogP contribution in [0.5, 0.6) is 0 Å². The minimum Gasteiger partial charge on any atom is -0.335 e. The molecule has 0 saturated heterocycles. The average molecular weight is 286 g/mol. The molecule has 1 aromatic heterocycles. The molecule has 4 nitrogen and oxygen atoms in total.